The van der Waals surface area contributed by atoms with Crippen molar-refractivity contribution < 1.29 is 14.0 Å². The number of benzene rings is 1. The van der Waals surface area contributed by atoms with Crippen LogP contribution >= 0.6 is 0 Å². The van der Waals surface area contributed by atoms with Crippen LogP contribution in [0.15, 0.2) is 45.8 Å². The number of rotatable bonds is 4. The molecule has 0 aliphatic carbocycles. The molecule has 1 aromatic carbocycles. The van der Waals surface area contributed by atoms with Crippen molar-refractivity contribution in [1.82, 2.24) is 15.1 Å². The average molecular weight is 299 g/mol. The number of aromatic amines is 1. The molecule has 0 spiro atoms. The smallest absolute Gasteiger partial charge is 0.263 e. The van der Waals surface area contributed by atoms with Crippen LogP contribution in [0, 0.1) is 0 Å². The number of methoxy groups -OCH3 is 2. The van der Waals surface area contributed by atoms with Gasteiger partial charge in [-0.1, -0.05) is 5.16 Å². The Morgan fingerprint density at radius 2 is 1.86 bits per heavy atom. The molecule has 0 radical (unpaired) electrons. The quantitative estimate of drug-likeness (QED) is 0.793. The second-order valence-corrected chi connectivity index (χ2v) is 4.44. The molecule has 0 unspecified atom stereocenters. The van der Waals surface area contributed by atoms with Gasteiger partial charge in [0.05, 0.1) is 14.2 Å². The van der Waals surface area contributed by atoms with Crippen molar-refractivity contribution in [1.29, 1.82) is 0 Å². The third-order valence-corrected chi connectivity index (χ3v) is 3.08. The molecular formula is C15H13N3O4. The van der Waals surface area contributed by atoms with Gasteiger partial charge in [0.25, 0.3) is 11.4 Å². The number of pyridine rings is 1. The molecule has 0 bridgehead atoms. The molecule has 1 N–H and O–H groups in total. The van der Waals surface area contributed by atoms with Gasteiger partial charge in [0, 0.05) is 17.8 Å². The van der Waals surface area contributed by atoms with Gasteiger partial charge in [-0.05, 0) is 24.3 Å². The zero-order valence-electron chi connectivity index (χ0n) is 12.0. The zero-order chi connectivity index (χ0) is 15.5. The maximum Gasteiger partial charge on any atom is 0.263 e. The number of hydrogen-bond donors (Lipinski definition) is 1. The number of aromatic nitrogens is 3. The Morgan fingerprint density at radius 3 is 2.50 bits per heavy atom. The van der Waals surface area contributed by atoms with Gasteiger partial charge in [-0.15, -0.1) is 0 Å². The number of hydrogen-bond acceptors (Lipinski definition) is 6. The van der Waals surface area contributed by atoms with Crippen molar-refractivity contribution in [3.8, 4) is 34.3 Å². The zero-order valence-corrected chi connectivity index (χ0v) is 12.0. The molecule has 22 heavy (non-hydrogen) atoms. The predicted octanol–water partition coefficient (Wildman–Crippen LogP) is 2.11. The van der Waals surface area contributed by atoms with E-state index in [9.17, 15) is 4.79 Å². The lowest BCUT2D eigenvalue weighted by Crippen LogP contribution is -2.06. The van der Waals surface area contributed by atoms with Crippen molar-refractivity contribution in [3.05, 3.63) is 46.9 Å². The summed E-state index contributed by atoms with van der Waals surface area (Å²) < 4.78 is 15.6. The van der Waals surface area contributed by atoms with Gasteiger partial charge >= 0.3 is 0 Å². The lowest BCUT2D eigenvalue weighted by molar-refractivity contribution is 0.394. The molecule has 7 heteroatoms. The lowest BCUT2D eigenvalue weighted by Gasteiger charge is -2.05. The Bertz CT molecular complexity index is 831. The maximum atomic E-state index is 11.7. The van der Waals surface area contributed by atoms with Gasteiger partial charge < -0.3 is 19.0 Å². The summed E-state index contributed by atoms with van der Waals surface area (Å²) in [4.78, 5) is 18.6. The molecule has 3 rings (SSSR count). The van der Waals surface area contributed by atoms with E-state index in [-0.39, 0.29) is 11.4 Å². The monoisotopic (exact) mass is 299 g/mol. The van der Waals surface area contributed by atoms with Crippen molar-refractivity contribution in [2.75, 3.05) is 14.2 Å². The molecule has 0 saturated carbocycles. The Morgan fingerprint density at radius 1 is 1.14 bits per heavy atom. The van der Waals surface area contributed by atoms with Crippen LogP contribution in [0.1, 0.15) is 0 Å². The van der Waals surface area contributed by atoms with Gasteiger partial charge in [0.15, 0.2) is 0 Å². The van der Waals surface area contributed by atoms with E-state index >= 15 is 0 Å². The molecule has 0 aliphatic heterocycles. The Balaban J connectivity index is 2.04. The fourth-order valence-corrected chi connectivity index (χ4v) is 1.98. The van der Waals surface area contributed by atoms with Crippen molar-refractivity contribution in [2.45, 2.75) is 0 Å². The van der Waals surface area contributed by atoms with Crippen LogP contribution in [0.2, 0.25) is 0 Å². The fraction of sp³-hybridized carbons (Fsp3) is 0.133. The largest absolute Gasteiger partial charge is 0.497 e. The van der Waals surface area contributed by atoms with Gasteiger partial charge in [-0.25, -0.2) is 0 Å². The van der Waals surface area contributed by atoms with E-state index in [0.29, 0.717) is 28.5 Å². The second-order valence-electron chi connectivity index (χ2n) is 4.44. The van der Waals surface area contributed by atoms with Crippen LogP contribution in [-0.4, -0.2) is 29.3 Å². The first-order valence-corrected chi connectivity index (χ1v) is 6.46. The third-order valence-electron chi connectivity index (χ3n) is 3.08. The first-order chi connectivity index (χ1) is 10.7. The highest BCUT2D eigenvalue weighted by Gasteiger charge is 2.14. The predicted molar refractivity (Wildman–Crippen MR) is 78.9 cm³/mol. The Hall–Kier alpha value is -3.09. The molecule has 7 nitrogen and oxygen atoms in total. The Labute approximate surface area is 125 Å². The molecule has 0 aliphatic rings. The van der Waals surface area contributed by atoms with Crippen LogP contribution in [0.3, 0.4) is 0 Å². The summed E-state index contributed by atoms with van der Waals surface area (Å²) in [5.74, 6) is 1.71. The minimum Gasteiger partial charge on any atom is -0.497 e. The van der Waals surface area contributed by atoms with Crippen LogP contribution in [0.4, 0.5) is 0 Å². The molecule has 0 saturated heterocycles. The van der Waals surface area contributed by atoms with Gasteiger partial charge in [0.2, 0.25) is 5.82 Å². The minimum atomic E-state index is -0.291. The summed E-state index contributed by atoms with van der Waals surface area (Å²) >= 11 is 0. The summed E-state index contributed by atoms with van der Waals surface area (Å²) in [5.41, 5.74) is 0.690. The van der Waals surface area contributed by atoms with Crippen LogP contribution in [0.5, 0.6) is 11.5 Å². The number of nitrogens with one attached hydrogen (secondary N) is 1. The molecule has 2 heterocycles. The fourth-order valence-electron chi connectivity index (χ4n) is 1.98. The minimum absolute atomic E-state index is 0.152. The standard InChI is InChI=1S/C15H13N3O4/c1-20-10-6-9(7-11(8-10)21-2)13-17-15(22-18-13)12-4-3-5-16-14(12)19/h3-8H,1-2H3,(H,16,19). The Kier molecular flexibility index (Phi) is 3.61. The van der Waals surface area contributed by atoms with Crippen molar-refractivity contribution >= 4 is 0 Å². The van der Waals surface area contributed by atoms with E-state index in [2.05, 4.69) is 15.1 Å². The van der Waals surface area contributed by atoms with E-state index in [1.54, 1.807) is 44.6 Å². The van der Waals surface area contributed by atoms with Crippen molar-refractivity contribution in [3.63, 3.8) is 0 Å². The van der Waals surface area contributed by atoms with Crippen LogP contribution < -0.4 is 15.0 Å². The highest BCUT2D eigenvalue weighted by molar-refractivity contribution is 5.63. The highest BCUT2D eigenvalue weighted by atomic mass is 16.5. The SMILES string of the molecule is COc1cc(OC)cc(-c2noc(-c3ccc[nH]c3=O)n2)c1. The number of nitrogens with zero attached hydrogens (tertiary/aromatic N) is 2. The molecular weight excluding hydrogens is 286 g/mol. The van der Waals surface area contributed by atoms with Gasteiger partial charge in [-0.3, -0.25) is 4.79 Å². The van der Waals surface area contributed by atoms with Crippen LogP contribution in [0.25, 0.3) is 22.8 Å². The molecule has 0 atom stereocenters. The lowest BCUT2D eigenvalue weighted by atomic mass is 10.2. The summed E-state index contributed by atoms with van der Waals surface area (Å²) in [6.45, 7) is 0. The average Bonchev–Trinajstić information content (AvgIpc) is 3.04. The van der Waals surface area contributed by atoms with E-state index in [1.807, 2.05) is 0 Å². The number of H-pyrrole nitrogens is 1. The first-order valence-electron chi connectivity index (χ1n) is 6.46. The van der Waals surface area contributed by atoms with E-state index in [1.165, 1.54) is 6.20 Å². The van der Waals surface area contributed by atoms with Gasteiger partial charge in [-0.2, -0.15) is 4.98 Å². The summed E-state index contributed by atoms with van der Waals surface area (Å²) in [6.07, 6.45) is 1.54. The molecule has 3 aromatic rings. The van der Waals surface area contributed by atoms with E-state index in [4.69, 9.17) is 14.0 Å². The van der Waals surface area contributed by atoms with E-state index in [0.717, 1.165) is 0 Å². The maximum absolute atomic E-state index is 11.7. The molecule has 0 amide bonds. The highest BCUT2D eigenvalue weighted by Crippen LogP contribution is 2.29. The normalized spacial score (nSPS) is 10.5. The van der Waals surface area contributed by atoms with Crippen LogP contribution in [-0.2, 0) is 0 Å². The first kappa shape index (κ1) is 13.9. The third kappa shape index (κ3) is 2.56. The molecule has 2 aromatic heterocycles. The summed E-state index contributed by atoms with van der Waals surface area (Å²) in [5, 5.41) is 3.90. The molecule has 112 valence electrons. The topological polar surface area (TPSA) is 90.2 Å². The summed E-state index contributed by atoms with van der Waals surface area (Å²) in [6, 6.07) is 8.56. The van der Waals surface area contributed by atoms with Gasteiger partial charge in [0.1, 0.15) is 17.1 Å². The van der Waals surface area contributed by atoms with E-state index < -0.39 is 0 Å². The second kappa shape index (κ2) is 5.72. The summed E-state index contributed by atoms with van der Waals surface area (Å²) in [7, 11) is 3.12. The van der Waals surface area contributed by atoms with Crippen molar-refractivity contribution in [2.24, 2.45) is 0 Å². The molecule has 0 fully saturated rings. The number of ether oxygens (including phenoxy) is 2.